The van der Waals surface area contributed by atoms with Crippen LogP contribution in [0.4, 0.5) is 4.39 Å². The summed E-state index contributed by atoms with van der Waals surface area (Å²) in [5.74, 6) is -1.21. The number of amides is 1. The van der Waals surface area contributed by atoms with Gasteiger partial charge in [-0.2, -0.15) is 0 Å². The number of aliphatic hydroxyl groups is 1. The summed E-state index contributed by atoms with van der Waals surface area (Å²) in [5, 5.41) is 11.8. The lowest BCUT2D eigenvalue weighted by atomic mass is 9.95. The van der Waals surface area contributed by atoms with Crippen LogP contribution in [0, 0.1) is 11.7 Å². The SMILES string of the molecule is CC(C)COc1cccc(/C(O)=C2/C(=O)C(=O)N(CCc3ccc(F)cc3)C2c2ccc(Cl)cc2)c1. The molecule has 1 aliphatic heterocycles. The average molecular weight is 508 g/mol. The Labute approximate surface area is 214 Å². The second kappa shape index (κ2) is 11.0. The van der Waals surface area contributed by atoms with E-state index in [0.29, 0.717) is 40.8 Å². The van der Waals surface area contributed by atoms with Crippen molar-refractivity contribution < 1.29 is 23.8 Å². The number of benzene rings is 3. The minimum Gasteiger partial charge on any atom is -0.507 e. The van der Waals surface area contributed by atoms with Crippen molar-refractivity contribution in [2.24, 2.45) is 5.92 Å². The van der Waals surface area contributed by atoms with E-state index in [2.05, 4.69) is 0 Å². The fraction of sp³-hybridized carbons (Fsp3) is 0.241. The molecule has 0 aromatic heterocycles. The molecule has 0 spiro atoms. The summed E-state index contributed by atoms with van der Waals surface area (Å²) in [6.45, 7) is 4.77. The molecular weight excluding hydrogens is 481 g/mol. The number of Topliss-reactive ketones (excluding diaryl/α,β-unsaturated/α-hetero) is 1. The van der Waals surface area contributed by atoms with Gasteiger partial charge in [0.25, 0.3) is 11.7 Å². The van der Waals surface area contributed by atoms with Crippen molar-refractivity contribution in [2.45, 2.75) is 26.3 Å². The second-order valence-electron chi connectivity index (χ2n) is 9.15. The number of likely N-dealkylation sites (tertiary alicyclic amines) is 1. The molecule has 1 heterocycles. The Morgan fingerprint density at radius 3 is 2.42 bits per heavy atom. The number of carbonyl (C=O) groups excluding carboxylic acids is 2. The van der Waals surface area contributed by atoms with Crippen LogP contribution >= 0.6 is 11.6 Å². The van der Waals surface area contributed by atoms with Gasteiger partial charge in [0.1, 0.15) is 17.3 Å². The van der Waals surface area contributed by atoms with Crippen LogP contribution in [0.25, 0.3) is 5.76 Å². The molecule has 5 nitrogen and oxygen atoms in total. The highest BCUT2D eigenvalue weighted by atomic mass is 35.5. The smallest absolute Gasteiger partial charge is 0.295 e. The summed E-state index contributed by atoms with van der Waals surface area (Å²) in [4.78, 5) is 27.8. The maximum atomic E-state index is 13.3. The molecule has 0 aliphatic carbocycles. The Balaban J connectivity index is 1.73. The predicted octanol–water partition coefficient (Wildman–Crippen LogP) is 6.18. The van der Waals surface area contributed by atoms with Crippen LogP contribution in [0.5, 0.6) is 5.75 Å². The Morgan fingerprint density at radius 2 is 1.75 bits per heavy atom. The number of halogens is 2. The molecule has 0 radical (unpaired) electrons. The van der Waals surface area contributed by atoms with Gasteiger partial charge in [0, 0.05) is 17.1 Å². The van der Waals surface area contributed by atoms with Crippen molar-refractivity contribution in [3.8, 4) is 5.75 Å². The standard InChI is InChI=1S/C29H27ClFNO4/c1-18(2)17-36-24-5-3-4-21(16-24)27(33)25-26(20-8-10-22(30)11-9-20)32(29(35)28(25)34)15-14-19-6-12-23(31)13-7-19/h3-13,16,18,26,33H,14-15,17H2,1-2H3/b27-25-. The molecule has 0 bridgehead atoms. The van der Waals surface area contributed by atoms with Gasteiger partial charge in [-0.1, -0.05) is 61.8 Å². The lowest BCUT2D eigenvalue weighted by Crippen LogP contribution is -2.31. The zero-order valence-electron chi connectivity index (χ0n) is 20.1. The maximum absolute atomic E-state index is 13.3. The molecule has 1 fully saturated rings. The molecule has 1 N–H and O–H groups in total. The van der Waals surface area contributed by atoms with E-state index in [9.17, 15) is 19.1 Å². The third-order valence-electron chi connectivity index (χ3n) is 5.97. The molecular formula is C29H27ClFNO4. The van der Waals surface area contributed by atoms with Gasteiger partial charge in [0.2, 0.25) is 0 Å². The monoisotopic (exact) mass is 507 g/mol. The molecule has 4 rings (SSSR count). The fourth-order valence-electron chi connectivity index (χ4n) is 4.15. The van der Waals surface area contributed by atoms with Crippen LogP contribution in [0.15, 0.2) is 78.4 Å². The molecule has 36 heavy (non-hydrogen) atoms. The van der Waals surface area contributed by atoms with Gasteiger partial charge in [0.15, 0.2) is 0 Å². The number of hydrogen-bond acceptors (Lipinski definition) is 4. The Hall–Kier alpha value is -3.64. The van der Waals surface area contributed by atoms with Gasteiger partial charge in [-0.15, -0.1) is 0 Å². The van der Waals surface area contributed by atoms with Crippen molar-refractivity contribution >= 4 is 29.1 Å². The first kappa shape index (κ1) is 25.5. The first-order chi connectivity index (χ1) is 17.2. The molecule has 7 heteroatoms. The number of rotatable bonds is 8. The van der Waals surface area contributed by atoms with Crippen LogP contribution in [0.3, 0.4) is 0 Å². The third kappa shape index (κ3) is 5.60. The molecule has 1 atom stereocenters. The van der Waals surface area contributed by atoms with Crippen LogP contribution in [-0.4, -0.2) is 34.8 Å². The highest BCUT2D eigenvalue weighted by Crippen LogP contribution is 2.40. The maximum Gasteiger partial charge on any atom is 0.295 e. The first-order valence-corrected chi connectivity index (χ1v) is 12.1. The van der Waals surface area contributed by atoms with E-state index >= 15 is 0 Å². The number of carbonyl (C=O) groups is 2. The Kier molecular flexibility index (Phi) is 7.75. The largest absolute Gasteiger partial charge is 0.507 e. The van der Waals surface area contributed by atoms with Crippen LogP contribution in [0.1, 0.15) is 36.6 Å². The Morgan fingerprint density at radius 1 is 1.06 bits per heavy atom. The molecule has 0 saturated carbocycles. The lowest BCUT2D eigenvalue weighted by Gasteiger charge is -2.25. The minimum absolute atomic E-state index is 0.00226. The van der Waals surface area contributed by atoms with Gasteiger partial charge < -0.3 is 14.7 Å². The number of hydrogen-bond donors (Lipinski definition) is 1. The zero-order valence-corrected chi connectivity index (χ0v) is 20.8. The van der Waals surface area contributed by atoms with E-state index in [1.807, 2.05) is 13.8 Å². The quantitative estimate of drug-likeness (QED) is 0.225. The molecule has 1 amide bonds. The summed E-state index contributed by atoms with van der Waals surface area (Å²) in [7, 11) is 0. The number of ether oxygens (including phenoxy) is 1. The third-order valence-corrected chi connectivity index (χ3v) is 6.22. The predicted molar refractivity (Wildman–Crippen MR) is 137 cm³/mol. The van der Waals surface area contributed by atoms with E-state index in [0.717, 1.165) is 5.56 Å². The second-order valence-corrected chi connectivity index (χ2v) is 9.59. The summed E-state index contributed by atoms with van der Waals surface area (Å²) >= 11 is 6.08. The fourth-order valence-corrected chi connectivity index (χ4v) is 4.28. The van der Waals surface area contributed by atoms with Gasteiger partial charge >= 0.3 is 0 Å². The van der Waals surface area contributed by atoms with Gasteiger partial charge in [-0.3, -0.25) is 9.59 Å². The average Bonchev–Trinajstić information content (AvgIpc) is 3.12. The van der Waals surface area contributed by atoms with Gasteiger partial charge in [0.05, 0.1) is 18.2 Å². The van der Waals surface area contributed by atoms with Crippen LogP contribution in [-0.2, 0) is 16.0 Å². The summed E-state index contributed by atoms with van der Waals surface area (Å²) < 4.78 is 19.1. The lowest BCUT2D eigenvalue weighted by molar-refractivity contribution is -0.139. The Bertz CT molecular complexity index is 1290. The number of nitrogens with zero attached hydrogens (tertiary/aromatic N) is 1. The van der Waals surface area contributed by atoms with Crippen molar-refractivity contribution in [3.05, 3.63) is 106 Å². The van der Waals surface area contributed by atoms with Crippen molar-refractivity contribution in [3.63, 3.8) is 0 Å². The molecule has 3 aromatic carbocycles. The van der Waals surface area contributed by atoms with Crippen molar-refractivity contribution in [1.82, 2.24) is 4.90 Å². The van der Waals surface area contributed by atoms with Gasteiger partial charge in [-0.05, 0) is 59.9 Å². The van der Waals surface area contributed by atoms with Crippen molar-refractivity contribution in [1.29, 1.82) is 0 Å². The molecule has 186 valence electrons. The summed E-state index contributed by atoms with van der Waals surface area (Å²) in [6.07, 6.45) is 0.413. The topological polar surface area (TPSA) is 66.8 Å². The molecule has 1 aliphatic rings. The first-order valence-electron chi connectivity index (χ1n) is 11.8. The minimum atomic E-state index is -0.803. The van der Waals surface area contributed by atoms with Crippen LogP contribution < -0.4 is 4.74 Å². The molecule has 1 saturated heterocycles. The van der Waals surface area contributed by atoms with Crippen LogP contribution in [0.2, 0.25) is 5.02 Å². The van der Waals surface area contributed by atoms with E-state index < -0.39 is 17.7 Å². The zero-order chi connectivity index (χ0) is 25.8. The number of ketones is 1. The van der Waals surface area contributed by atoms with E-state index in [1.165, 1.54) is 17.0 Å². The highest BCUT2D eigenvalue weighted by molar-refractivity contribution is 6.46. The summed E-state index contributed by atoms with van der Waals surface area (Å²) in [6, 6.07) is 18.9. The highest BCUT2D eigenvalue weighted by Gasteiger charge is 2.45. The normalized spacial score (nSPS) is 17.1. The van der Waals surface area contributed by atoms with E-state index in [-0.39, 0.29) is 23.7 Å². The van der Waals surface area contributed by atoms with Crippen molar-refractivity contribution in [2.75, 3.05) is 13.2 Å². The van der Waals surface area contributed by atoms with Gasteiger partial charge in [-0.25, -0.2) is 4.39 Å². The number of aliphatic hydroxyl groups excluding tert-OH is 1. The molecule has 3 aromatic rings. The van der Waals surface area contributed by atoms with E-state index in [1.54, 1.807) is 60.7 Å². The van der Waals surface area contributed by atoms with E-state index in [4.69, 9.17) is 16.3 Å². The summed E-state index contributed by atoms with van der Waals surface area (Å²) in [5.41, 5.74) is 1.85. The molecule has 1 unspecified atom stereocenters.